The van der Waals surface area contributed by atoms with Gasteiger partial charge in [-0.3, -0.25) is 0 Å². The van der Waals surface area contributed by atoms with Crippen molar-refractivity contribution < 1.29 is 14.6 Å². The van der Waals surface area contributed by atoms with Crippen molar-refractivity contribution in [3.63, 3.8) is 0 Å². The fourth-order valence-electron chi connectivity index (χ4n) is 0.685. The van der Waals surface area contributed by atoms with E-state index in [1.165, 1.54) is 5.51 Å². The second-order valence-electron chi connectivity index (χ2n) is 2.46. The number of aromatic carboxylic acids is 1. The van der Waals surface area contributed by atoms with Crippen molar-refractivity contribution in [3.8, 4) is 5.88 Å². The highest BCUT2D eigenvalue weighted by Crippen LogP contribution is 2.21. The van der Waals surface area contributed by atoms with Crippen LogP contribution in [0.1, 0.15) is 23.5 Å². The zero-order valence-electron chi connectivity index (χ0n) is 6.77. The van der Waals surface area contributed by atoms with Gasteiger partial charge in [-0.15, -0.1) is 11.3 Å². The van der Waals surface area contributed by atoms with Gasteiger partial charge in [0.1, 0.15) is 0 Å². The number of rotatable bonds is 3. The predicted octanol–water partition coefficient (Wildman–Crippen LogP) is 1.63. The van der Waals surface area contributed by atoms with E-state index >= 15 is 0 Å². The van der Waals surface area contributed by atoms with Gasteiger partial charge in [0.2, 0.25) is 5.88 Å². The highest BCUT2D eigenvalue weighted by atomic mass is 32.1. The number of hydrogen-bond donors (Lipinski definition) is 1. The molecule has 0 aromatic carbocycles. The molecule has 0 bridgehead atoms. The highest BCUT2D eigenvalue weighted by molar-refractivity contribution is 7.12. The molecule has 0 saturated carbocycles. The van der Waals surface area contributed by atoms with E-state index in [2.05, 4.69) is 4.98 Å². The third kappa shape index (κ3) is 1.94. The molecule has 66 valence electrons. The second-order valence-corrected chi connectivity index (χ2v) is 3.31. The molecule has 1 N–H and O–H groups in total. The van der Waals surface area contributed by atoms with Crippen molar-refractivity contribution in [1.82, 2.24) is 4.98 Å². The standard InChI is InChI=1S/C7H9NO3S/c1-4(2)11-6-5(7(9)10)12-3-8-6/h3-4H,1-2H3,(H,9,10). The van der Waals surface area contributed by atoms with E-state index in [1.807, 2.05) is 13.8 Å². The summed E-state index contributed by atoms with van der Waals surface area (Å²) in [4.78, 5) is 14.5. The maximum Gasteiger partial charge on any atom is 0.351 e. The molecule has 0 atom stereocenters. The first-order valence-electron chi connectivity index (χ1n) is 3.44. The number of aromatic nitrogens is 1. The highest BCUT2D eigenvalue weighted by Gasteiger charge is 2.15. The van der Waals surface area contributed by atoms with Gasteiger partial charge in [0, 0.05) is 0 Å². The van der Waals surface area contributed by atoms with Crippen molar-refractivity contribution in [2.45, 2.75) is 20.0 Å². The number of carbonyl (C=O) groups is 1. The van der Waals surface area contributed by atoms with E-state index in [9.17, 15) is 4.79 Å². The summed E-state index contributed by atoms with van der Waals surface area (Å²) in [6, 6.07) is 0. The zero-order valence-corrected chi connectivity index (χ0v) is 7.59. The van der Waals surface area contributed by atoms with Crippen molar-refractivity contribution in [3.05, 3.63) is 10.4 Å². The van der Waals surface area contributed by atoms with E-state index in [0.29, 0.717) is 0 Å². The molecule has 0 amide bonds. The lowest BCUT2D eigenvalue weighted by atomic mass is 10.4. The van der Waals surface area contributed by atoms with Crippen molar-refractivity contribution in [2.75, 3.05) is 0 Å². The minimum Gasteiger partial charge on any atom is -0.477 e. The summed E-state index contributed by atoms with van der Waals surface area (Å²) in [5, 5.41) is 8.66. The Morgan fingerprint density at radius 3 is 2.92 bits per heavy atom. The molecule has 4 nitrogen and oxygen atoms in total. The van der Waals surface area contributed by atoms with Crippen LogP contribution in [0.4, 0.5) is 0 Å². The molecule has 0 unspecified atom stereocenters. The van der Waals surface area contributed by atoms with Gasteiger partial charge in [0.05, 0.1) is 11.6 Å². The normalized spacial score (nSPS) is 10.2. The van der Waals surface area contributed by atoms with E-state index < -0.39 is 5.97 Å². The lowest BCUT2D eigenvalue weighted by Gasteiger charge is -2.06. The predicted molar refractivity (Wildman–Crippen MR) is 44.8 cm³/mol. The van der Waals surface area contributed by atoms with E-state index in [0.717, 1.165) is 11.3 Å². The average Bonchev–Trinajstić information content (AvgIpc) is 2.33. The summed E-state index contributed by atoms with van der Waals surface area (Å²) in [5.74, 6) is -0.782. The molecule has 0 radical (unpaired) electrons. The summed E-state index contributed by atoms with van der Waals surface area (Å²) < 4.78 is 5.17. The van der Waals surface area contributed by atoms with Crippen LogP contribution in [0.2, 0.25) is 0 Å². The molecular weight excluding hydrogens is 178 g/mol. The molecule has 0 aliphatic heterocycles. The monoisotopic (exact) mass is 187 g/mol. The molecule has 0 aliphatic carbocycles. The van der Waals surface area contributed by atoms with Crippen LogP contribution in [0, 0.1) is 0 Å². The Balaban J connectivity index is 2.84. The molecular formula is C7H9NO3S. The minimum atomic E-state index is -0.992. The average molecular weight is 187 g/mol. The number of carboxylic acids is 1. The summed E-state index contributed by atoms with van der Waals surface area (Å²) in [7, 11) is 0. The number of ether oxygens (including phenoxy) is 1. The van der Waals surface area contributed by atoms with Crippen molar-refractivity contribution in [2.24, 2.45) is 0 Å². The fraction of sp³-hybridized carbons (Fsp3) is 0.429. The Hall–Kier alpha value is -1.10. The first-order chi connectivity index (χ1) is 5.61. The Labute approximate surface area is 73.8 Å². The Bertz CT molecular complexity index is 282. The van der Waals surface area contributed by atoms with Gasteiger partial charge in [0.15, 0.2) is 4.88 Å². The van der Waals surface area contributed by atoms with Crippen LogP contribution in [-0.4, -0.2) is 22.2 Å². The molecule has 12 heavy (non-hydrogen) atoms. The number of carboxylic acid groups (broad SMARTS) is 1. The van der Waals surface area contributed by atoms with Crippen LogP contribution < -0.4 is 4.74 Å². The van der Waals surface area contributed by atoms with E-state index in [-0.39, 0.29) is 16.9 Å². The Morgan fingerprint density at radius 1 is 1.75 bits per heavy atom. The van der Waals surface area contributed by atoms with Gasteiger partial charge in [-0.2, -0.15) is 0 Å². The number of hydrogen-bond acceptors (Lipinski definition) is 4. The summed E-state index contributed by atoms with van der Waals surface area (Å²) in [6.07, 6.45) is -0.0507. The van der Waals surface area contributed by atoms with E-state index in [1.54, 1.807) is 0 Å². The number of nitrogens with zero attached hydrogens (tertiary/aromatic N) is 1. The Morgan fingerprint density at radius 2 is 2.42 bits per heavy atom. The first kappa shape index (κ1) is 8.99. The molecule has 1 aromatic rings. The van der Waals surface area contributed by atoms with Gasteiger partial charge < -0.3 is 9.84 Å². The fourth-order valence-corrected chi connectivity index (χ4v) is 1.24. The maximum absolute atomic E-state index is 10.6. The zero-order chi connectivity index (χ0) is 9.14. The molecule has 1 aromatic heterocycles. The van der Waals surface area contributed by atoms with Gasteiger partial charge in [-0.25, -0.2) is 9.78 Å². The van der Waals surface area contributed by atoms with Crippen LogP contribution in [0.5, 0.6) is 5.88 Å². The van der Waals surface area contributed by atoms with Gasteiger partial charge in [-0.1, -0.05) is 0 Å². The molecule has 0 spiro atoms. The van der Waals surface area contributed by atoms with Crippen molar-refractivity contribution >= 4 is 17.3 Å². The summed E-state index contributed by atoms with van der Waals surface area (Å²) in [6.45, 7) is 3.65. The lowest BCUT2D eigenvalue weighted by molar-refractivity contribution is 0.0695. The number of thiazole rings is 1. The van der Waals surface area contributed by atoms with Crippen LogP contribution in [0.25, 0.3) is 0 Å². The van der Waals surface area contributed by atoms with Gasteiger partial charge >= 0.3 is 5.97 Å². The molecule has 0 saturated heterocycles. The van der Waals surface area contributed by atoms with Gasteiger partial charge in [0.25, 0.3) is 0 Å². The second kappa shape index (κ2) is 3.53. The topological polar surface area (TPSA) is 59.4 Å². The van der Waals surface area contributed by atoms with Crippen LogP contribution in [0.15, 0.2) is 5.51 Å². The summed E-state index contributed by atoms with van der Waals surface area (Å²) >= 11 is 1.06. The minimum absolute atomic E-state index is 0.0507. The van der Waals surface area contributed by atoms with Gasteiger partial charge in [-0.05, 0) is 13.8 Å². The molecule has 0 aliphatic rings. The molecule has 0 fully saturated rings. The van der Waals surface area contributed by atoms with Crippen LogP contribution in [0.3, 0.4) is 0 Å². The first-order valence-corrected chi connectivity index (χ1v) is 4.32. The summed E-state index contributed by atoms with van der Waals surface area (Å²) in [5.41, 5.74) is 1.46. The third-order valence-corrected chi connectivity index (χ3v) is 1.87. The third-order valence-electron chi connectivity index (χ3n) is 1.08. The van der Waals surface area contributed by atoms with Crippen molar-refractivity contribution in [1.29, 1.82) is 0 Å². The van der Waals surface area contributed by atoms with E-state index in [4.69, 9.17) is 9.84 Å². The lowest BCUT2D eigenvalue weighted by Crippen LogP contribution is -2.08. The van der Waals surface area contributed by atoms with Crippen LogP contribution >= 0.6 is 11.3 Å². The van der Waals surface area contributed by atoms with Crippen LogP contribution in [-0.2, 0) is 0 Å². The molecule has 1 heterocycles. The SMILES string of the molecule is CC(C)Oc1ncsc1C(=O)O. The largest absolute Gasteiger partial charge is 0.477 e. The molecule has 1 rings (SSSR count). The quantitative estimate of drug-likeness (QED) is 0.781. The molecule has 5 heteroatoms. The Kier molecular flexibility index (Phi) is 2.65. The smallest absolute Gasteiger partial charge is 0.351 e. The maximum atomic E-state index is 10.6.